The molecule has 1 saturated heterocycles. The van der Waals surface area contributed by atoms with Crippen LogP contribution in [0.3, 0.4) is 0 Å². The lowest BCUT2D eigenvalue weighted by Crippen LogP contribution is -2.35. The van der Waals surface area contributed by atoms with Gasteiger partial charge in [-0.1, -0.05) is 12.8 Å². The van der Waals surface area contributed by atoms with Gasteiger partial charge in [0.25, 0.3) is 0 Å². The third-order valence-corrected chi connectivity index (χ3v) is 6.03. The first-order valence-electron chi connectivity index (χ1n) is 10.9. The third-order valence-electron chi connectivity index (χ3n) is 6.03. The van der Waals surface area contributed by atoms with Crippen molar-refractivity contribution in [3.05, 3.63) is 35.4 Å². The van der Waals surface area contributed by atoms with Crippen LogP contribution in [0.4, 0.5) is 0 Å². The van der Waals surface area contributed by atoms with Crippen LogP contribution in [-0.4, -0.2) is 63.1 Å². The fourth-order valence-electron chi connectivity index (χ4n) is 4.16. The van der Waals surface area contributed by atoms with Gasteiger partial charge in [0, 0.05) is 18.2 Å². The predicted molar refractivity (Wildman–Crippen MR) is 111 cm³/mol. The highest BCUT2D eigenvalue weighted by molar-refractivity contribution is 5.96. The molecule has 5 rings (SSSR count). The van der Waals surface area contributed by atoms with Gasteiger partial charge in [-0.05, 0) is 48.9 Å². The molecule has 29 heavy (non-hydrogen) atoms. The molecule has 3 heterocycles. The van der Waals surface area contributed by atoms with E-state index in [1.54, 1.807) is 0 Å². The number of nitrogens with zero attached hydrogens (tertiary/aromatic N) is 2. The molecule has 1 atom stereocenters. The first kappa shape index (κ1) is 18.9. The molecule has 0 N–H and O–H groups in total. The molecule has 0 spiro atoms. The summed E-state index contributed by atoms with van der Waals surface area (Å²) >= 11 is 0. The summed E-state index contributed by atoms with van der Waals surface area (Å²) in [5.41, 5.74) is 3.80. The molecule has 0 radical (unpaired) electrons. The van der Waals surface area contributed by atoms with E-state index in [-0.39, 0.29) is 6.10 Å². The lowest BCUT2D eigenvalue weighted by Gasteiger charge is -2.34. The molecule has 0 aromatic heterocycles. The van der Waals surface area contributed by atoms with Crippen molar-refractivity contribution in [2.75, 3.05) is 46.2 Å². The minimum atomic E-state index is -0.0128. The normalized spacial score (nSPS) is 23.6. The molecule has 1 saturated carbocycles. The van der Waals surface area contributed by atoms with Gasteiger partial charge in [-0.25, -0.2) is 4.99 Å². The summed E-state index contributed by atoms with van der Waals surface area (Å²) in [5.74, 6) is 2.64. The Bertz CT molecular complexity index is 781. The minimum absolute atomic E-state index is 0.0128. The van der Waals surface area contributed by atoms with Crippen molar-refractivity contribution in [1.82, 2.24) is 4.90 Å². The Hall–Kier alpha value is -2.05. The Labute approximate surface area is 172 Å². The summed E-state index contributed by atoms with van der Waals surface area (Å²) in [6, 6.07) is 6.49. The molecule has 0 amide bonds. The summed E-state index contributed by atoms with van der Waals surface area (Å²) < 4.78 is 23.0. The Morgan fingerprint density at radius 1 is 1.17 bits per heavy atom. The van der Waals surface area contributed by atoms with Crippen LogP contribution in [0.1, 0.15) is 36.8 Å². The molecule has 156 valence electrons. The Kier molecular flexibility index (Phi) is 5.72. The van der Waals surface area contributed by atoms with Crippen molar-refractivity contribution in [1.29, 1.82) is 0 Å². The van der Waals surface area contributed by atoms with Crippen molar-refractivity contribution >= 4 is 11.6 Å². The van der Waals surface area contributed by atoms with Crippen LogP contribution in [0.2, 0.25) is 0 Å². The van der Waals surface area contributed by atoms with Gasteiger partial charge < -0.3 is 23.8 Å². The topological polar surface area (TPSA) is 52.5 Å². The van der Waals surface area contributed by atoms with Crippen LogP contribution >= 0.6 is 0 Å². The number of ether oxygens (including phenoxy) is 4. The monoisotopic (exact) mass is 398 g/mol. The molecular weight excluding hydrogens is 368 g/mol. The molecule has 1 aromatic carbocycles. The highest BCUT2D eigenvalue weighted by Crippen LogP contribution is 2.34. The predicted octanol–water partition coefficient (Wildman–Crippen LogP) is 3.26. The average Bonchev–Trinajstić information content (AvgIpc) is 3.60. The van der Waals surface area contributed by atoms with Gasteiger partial charge in [0.1, 0.15) is 25.1 Å². The zero-order chi connectivity index (χ0) is 19.5. The number of hydrogen-bond acceptors (Lipinski definition) is 6. The van der Waals surface area contributed by atoms with Gasteiger partial charge in [-0.3, -0.25) is 0 Å². The maximum atomic E-state index is 6.01. The average molecular weight is 399 g/mol. The molecule has 6 heteroatoms. The van der Waals surface area contributed by atoms with Gasteiger partial charge >= 0.3 is 0 Å². The van der Waals surface area contributed by atoms with Crippen molar-refractivity contribution in [3.63, 3.8) is 0 Å². The Morgan fingerprint density at radius 3 is 3.00 bits per heavy atom. The first-order chi connectivity index (χ1) is 14.3. The zero-order valence-electron chi connectivity index (χ0n) is 17.0. The van der Waals surface area contributed by atoms with Crippen LogP contribution < -0.4 is 4.74 Å². The summed E-state index contributed by atoms with van der Waals surface area (Å²) in [6.45, 7) is 4.79. The largest absolute Gasteiger partial charge is 0.494 e. The van der Waals surface area contributed by atoms with Gasteiger partial charge in [-0.2, -0.15) is 0 Å². The van der Waals surface area contributed by atoms with E-state index >= 15 is 0 Å². The number of hydrogen-bond donors (Lipinski definition) is 0. The van der Waals surface area contributed by atoms with E-state index in [0.29, 0.717) is 39.0 Å². The molecule has 4 aliphatic rings. The number of benzene rings is 1. The smallest absolute Gasteiger partial charge is 0.212 e. The Morgan fingerprint density at radius 2 is 2.14 bits per heavy atom. The quantitative estimate of drug-likeness (QED) is 0.660. The lowest BCUT2D eigenvalue weighted by atomic mass is 9.95. The van der Waals surface area contributed by atoms with Crippen molar-refractivity contribution in [3.8, 4) is 5.75 Å². The van der Waals surface area contributed by atoms with E-state index in [9.17, 15) is 0 Å². The molecule has 1 aromatic rings. The highest BCUT2D eigenvalue weighted by Gasteiger charge is 2.25. The van der Waals surface area contributed by atoms with Crippen LogP contribution in [0.5, 0.6) is 5.75 Å². The second kappa shape index (κ2) is 8.76. The van der Waals surface area contributed by atoms with Crippen LogP contribution in [0, 0.1) is 5.92 Å². The van der Waals surface area contributed by atoms with Crippen LogP contribution in [0.25, 0.3) is 5.70 Å². The molecule has 0 bridgehead atoms. The Balaban J connectivity index is 1.21. The maximum Gasteiger partial charge on any atom is 0.212 e. The fourth-order valence-corrected chi connectivity index (χ4v) is 4.16. The van der Waals surface area contributed by atoms with E-state index in [0.717, 1.165) is 37.7 Å². The maximum absolute atomic E-state index is 6.01. The molecule has 1 aliphatic carbocycles. The first-order valence-corrected chi connectivity index (χ1v) is 10.9. The minimum Gasteiger partial charge on any atom is -0.494 e. The zero-order valence-corrected chi connectivity index (χ0v) is 17.0. The number of fused-ring (bicyclic) bond motifs is 3. The molecule has 0 unspecified atom stereocenters. The van der Waals surface area contributed by atoms with E-state index in [1.165, 1.54) is 36.1 Å². The SMILES string of the molecule is C1=C2c3ccc(OCCCC4CC4)cc3CCN2CN=C1OC[C@@H]1COCCO1. The van der Waals surface area contributed by atoms with Gasteiger partial charge in [-0.15, -0.1) is 0 Å². The van der Waals surface area contributed by atoms with E-state index in [4.69, 9.17) is 18.9 Å². The second-order valence-electron chi connectivity index (χ2n) is 8.31. The van der Waals surface area contributed by atoms with Crippen molar-refractivity contribution in [2.45, 2.75) is 38.2 Å². The molecule has 6 nitrogen and oxygen atoms in total. The van der Waals surface area contributed by atoms with E-state index < -0.39 is 0 Å². The third kappa shape index (κ3) is 4.75. The number of rotatable bonds is 7. The van der Waals surface area contributed by atoms with E-state index in [1.807, 2.05) is 0 Å². The highest BCUT2D eigenvalue weighted by atomic mass is 16.6. The molecular formula is C23H30N2O4. The second-order valence-corrected chi connectivity index (χ2v) is 8.31. The summed E-state index contributed by atoms with van der Waals surface area (Å²) in [5, 5.41) is 0. The van der Waals surface area contributed by atoms with Gasteiger partial charge in [0.2, 0.25) is 5.90 Å². The summed E-state index contributed by atoms with van der Waals surface area (Å²) in [4.78, 5) is 6.89. The van der Waals surface area contributed by atoms with Crippen LogP contribution in [0.15, 0.2) is 29.3 Å². The van der Waals surface area contributed by atoms with Crippen molar-refractivity contribution in [2.24, 2.45) is 10.9 Å². The summed E-state index contributed by atoms with van der Waals surface area (Å²) in [7, 11) is 0. The van der Waals surface area contributed by atoms with Crippen LogP contribution in [-0.2, 0) is 20.6 Å². The number of aliphatic imine (C=N–C) groups is 1. The van der Waals surface area contributed by atoms with Crippen molar-refractivity contribution < 1.29 is 18.9 Å². The van der Waals surface area contributed by atoms with Gasteiger partial charge in [0.15, 0.2) is 0 Å². The summed E-state index contributed by atoms with van der Waals surface area (Å²) in [6.07, 6.45) is 8.37. The lowest BCUT2D eigenvalue weighted by molar-refractivity contribution is -0.103. The standard InChI is InChI=1S/C23H30N2O4/c1(2-17-3-4-17)9-27-19-5-6-21-18(12-19)7-8-25-16-24-23(13-22(21)25)29-15-20-14-26-10-11-28-20/h5-6,12-13,17,20H,1-4,7-11,14-16H2/t20-/m0/s1. The fraction of sp³-hybridized carbons (Fsp3) is 0.609. The molecule has 2 fully saturated rings. The van der Waals surface area contributed by atoms with E-state index in [2.05, 4.69) is 34.2 Å². The molecule has 3 aliphatic heterocycles. The van der Waals surface area contributed by atoms with Gasteiger partial charge in [0.05, 0.1) is 32.1 Å².